The average molecular weight is 358 g/mol. The Labute approximate surface area is 149 Å². The fraction of sp³-hybridized carbons (Fsp3) is 0.529. The predicted octanol–water partition coefficient (Wildman–Crippen LogP) is 1.47. The number of nitrogens with one attached hydrogen (secondary N) is 2. The average Bonchev–Trinajstić information content (AvgIpc) is 2.54. The van der Waals surface area contributed by atoms with E-state index in [0.717, 1.165) is 5.56 Å². The molecule has 24 heavy (non-hydrogen) atoms. The van der Waals surface area contributed by atoms with E-state index in [2.05, 4.69) is 10.6 Å². The standard InChI is InChI=1S/C17H27N3O3.ClH/c1-12(2)10-15(17(22)19-8-9-23-3)20-16(21)14-6-4-13(11-18)5-7-14;/h4-7,12,15H,8-11,18H2,1-3H3,(H,19,22)(H,20,21);1H/t15-;/m0./s1. The molecule has 1 aromatic carbocycles. The summed E-state index contributed by atoms with van der Waals surface area (Å²) in [5.74, 6) is -0.170. The van der Waals surface area contributed by atoms with Gasteiger partial charge in [0.2, 0.25) is 5.91 Å². The first-order valence-electron chi connectivity index (χ1n) is 7.84. The molecule has 0 aliphatic carbocycles. The molecule has 0 aromatic heterocycles. The summed E-state index contributed by atoms with van der Waals surface area (Å²) in [5, 5.41) is 5.57. The summed E-state index contributed by atoms with van der Waals surface area (Å²) in [6.07, 6.45) is 0.575. The second-order valence-corrected chi connectivity index (χ2v) is 5.84. The van der Waals surface area contributed by atoms with Crippen molar-refractivity contribution in [1.29, 1.82) is 0 Å². The van der Waals surface area contributed by atoms with Crippen LogP contribution in [0.3, 0.4) is 0 Å². The van der Waals surface area contributed by atoms with Gasteiger partial charge in [-0.15, -0.1) is 12.4 Å². The molecule has 4 N–H and O–H groups in total. The van der Waals surface area contributed by atoms with Gasteiger partial charge in [0.15, 0.2) is 0 Å². The molecule has 1 aromatic rings. The highest BCUT2D eigenvalue weighted by atomic mass is 35.5. The van der Waals surface area contributed by atoms with Gasteiger partial charge in [0.05, 0.1) is 6.61 Å². The highest BCUT2D eigenvalue weighted by Crippen LogP contribution is 2.08. The zero-order valence-electron chi connectivity index (χ0n) is 14.5. The maximum Gasteiger partial charge on any atom is 0.251 e. The number of benzene rings is 1. The Balaban J connectivity index is 0.00000529. The first kappa shape index (κ1) is 22.4. The van der Waals surface area contributed by atoms with E-state index in [-0.39, 0.29) is 30.1 Å². The third-order valence-corrected chi connectivity index (χ3v) is 3.39. The van der Waals surface area contributed by atoms with Crippen LogP contribution in [0, 0.1) is 5.92 Å². The first-order valence-corrected chi connectivity index (χ1v) is 7.84. The normalized spacial score (nSPS) is 11.5. The molecule has 0 bridgehead atoms. The molecule has 136 valence electrons. The second kappa shape index (κ2) is 11.8. The van der Waals surface area contributed by atoms with Crippen LogP contribution in [0.4, 0.5) is 0 Å². The van der Waals surface area contributed by atoms with Crippen LogP contribution in [0.1, 0.15) is 36.2 Å². The molecule has 0 fully saturated rings. The Morgan fingerprint density at radius 2 is 1.83 bits per heavy atom. The van der Waals surface area contributed by atoms with Crippen LogP contribution in [0.25, 0.3) is 0 Å². The van der Waals surface area contributed by atoms with Gasteiger partial charge >= 0.3 is 0 Å². The number of ether oxygens (including phenoxy) is 1. The van der Waals surface area contributed by atoms with Gasteiger partial charge in [-0.05, 0) is 30.0 Å². The van der Waals surface area contributed by atoms with Crippen molar-refractivity contribution in [2.45, 2.75) is 32.9 Å². The largest absolute Gasteiger partial charge is 0.383 e. The van der Waals surface area contributed by atoms with E-state index < -0.39 is 6.04 Å². The van der Waals surface area contributed by atoms with E-state index in [1.807, 2.05) is 26.0 Å². The van der Waals surface area contributed by atoms with Crippen molar-refractivity contribution in [3.8, 4) is 0 Å². The van der Waals surface area contributed by atoms with Crippen molar-refractivity contribution in [2.75, 3.05) is 20.3 Å². The minimum atomic E-state index is -0.562. The van der Waals surface area contributed by atoms with Crippen LogP contribution in [0.15, 0.2) is 24.3 Å². The Hall–Kier alpha value is -1.63. The van der Waals surface area contributed by atoms with Crippen LogP contribution in [0.5, 0.6) is 0 Å². The van der Waals surface area contributed by atoms with Crippen LogP contribution in [-0.4, -0.2) is 38.1 Å². The molecule has 0 spiro atoms. The minimum absolute atomic E-state index is 0. The number of hydrogen-bond donors (Lipinski definition) is 3. The van der Waals surface area contributed by atoms with E-state index in [9.17, 15) is 9.59 Å². The predicted molar refractivity (Wildman–Crippen MR) is 97.2 cm³/mol. The second-order valence-electron chi connectivity index (χ2n) is 5.84. The van der Waals surface area contributed by atoms with Crippen molar-refractivity contribution in [3.05, 3.63) is 35.4 Å². The molecule has 6 nitrogen and oxygen atoms in total. The van der Waals surface area contributed by atoms with E-state index in [0.29, 0.717) is 31.7 Å². The molecule has 0 aliphatic heterocycles. The molecule has 0 radical (unpaired) electrons. The van der Waals surface area contributed by atoms with E-state index in [1.165, 1.54) is 0 Å². The third kappa shape index (κ3) is 7.77. The number of methoxy groups -OCH3 is 1. The van der Waals surface area contributed by atoms with Gasteiger partial charge in [-0.25, -0.2) is 0 Å². The zero-order valence-corrected chi connectivity index (χ0v) is 15.3. The molecule has 0 aliphatic rings. The number of halogens is 1. The molecular weight excluding hydrogens is 330 g/mol. The van der Waals surface area contributed by atoms with Gasteiger partial charge in [-0.2, -0.15) is 0 Å². The lowest BCUT2D eigenvalue weighted by Crippen LogP contribution is -2.48. The van der Waals surface area contributed by atoms with Gasteiger partial charge < -0.3 is 21.1 Å². The summed E-state index contributed by atoms with van der Waals surface area (Å²) in [5.41, 5.74) is 7.02. The van der Waals surface area contributed by atoms with E-state index in [4.69, 9.17) is 10.5 Å². The first-order chi connectivity index (χ1) is 11.0. The fourth-order valence-corrected chi connectivity index (χ4v) is 2.14. The summed E-state index contributed by atoms with van der Waals surface area (Å²) in [7, 11) is 1.57. The van der Waals surface area contributed by atoms with E-state index in [1.54, 1.807) is 19.2 Å². The maximum atomic E-state index is 12.3. The lowest BCUT2D eigenvalue weighted by atomic mass is 10.0. The van der Waals surface area contributed by atoms with Crippen molar-refractivity contribution < 1.29 is 14.3 Å². The van der Waals surface area contributed by atoms with Crippen LogP contribution in [0.2, 0.25) is 0 Å². The topological polar surface area (TPSA) is 93.5 Å². The smallest absolute Gasteiger partial charge is 0.251 e. The molecule has 0 unspecified atom stereocenters. The van der Waals surface area contributed by atoms with Gasteiger partial charge in [-0.3, -0.25) is 9.59 Å². The van der Waals surface area contributed by atoms with Crippen LogP contribution >= 0.6 is 12.4 Å². The number of rotatable bonds is 9. The number of amides is 2. The minimum Gasteiger partial charge on any atom is -0.383 e. The molecule has 0 heterocycles. The molecule has 7 heteroatoms. The monoisotopic (exact) mass is 357 g/mol. The van der Waals surface area contributed by atoms with Crippen molar-refractivity contribution in [3.63, 3.8) is 0 Å². The molecule has 1 atom stereocenters. The quantitative estimate of drug-likeness (QED) is 0.583. The lowest BCUT2D eigenvalue weighted by molar-refractivity contribution is -0.123. The highest BCUT2D eigenvalue weighted by molar-refractivity contribution is 5.97. The summed E-state index contributed by atoms with van der Waals surface area (Å²) in [6.45, 7) is 5.31. The van der Waals surface area contributed by atoms with Crippen LogP contribution < -0.4 is 16.4 Å². The number of nitrogens with two attached hydrogens (primary N) is 1. The molecule has 2 amide bonds. The molecule has 0 saturated carbocycles. The van der Waals surface area contributed by atoms with Gasteiger partial charge in [-0.1, -0.05) is 26.0 Å². The molecular formula is C17H28ClN3O3. The summed E-state index contributed by atoms with van der Waals surface area (Å²) < 4.78 is 4.91. The van der Waals surface area contributed by atoms with Crippen LogP contribution in [-0.2, 0) is 16.1 Å². The number of carbonyl (C=O) groups is 2. The molecule has 1 rings (SSSR count). The zero-order chi connectivity index (χ0) is 17.2. The summed E-state index contributed by atoms with van der Waals surface area (Å²) >= 11 is 0. The number of hydrogen-bond acceptors (Lipinski definition) is 4. The summed E-state index contributed by atoms with van der Waals surface area (Å²) in [6, 6.07) is 6.49. The lowest BCUT2D eigenvalue weighted by Gasteiger charge is -2.20. The van der Waals surface area contributed by atoms with E-state index >= 15 is 0 Å². The van der Waals surface area contributed by atoms with Crippen molar-refractivity contribution in [1.82, 2.24) is 10.6 Å². The Morgan fingerprint density at radius 3 is 2.33 bits per heavy atom. The Bertz CT molecular complexity index is 506. The van der Waals surface area contributed by atoms with Gasteiger partial charge in [0.1, 0.15) is 6.04 Å². The summed E-state index contributed by atoms with van der Waals surface area (Å²) in [4.78, 5) is 24.5. The maximum absolute atomic E-state index is 12.3. The molecule has 0 saturated heterocycles. The van der Waals surface area contributed by atoms with Crippen molar-refractivity contribution in [2.24, 2.45) is 11.7 Å². The van der Waals surface area contributed by atoms with Gasteiger partial charge in [0.25, 0.3) is 5.91 Å². The highest BCUT2D eigenvalue weighted by Gasteiger charge is 2.22. The fourth-order valence-electron chi connectivity index (χ4n) is 2.14. The van der Waals surface area contributed by atoms with Crippen molar-refractivity contribution >= 4 is 24.2 Å². The Kier molecular flexibility index (Phi) is 11.0. The SMILES string of the molecule is COCCNC(=O)[C@H](CC(C)C)NC(=O)c1ccc(CN)cc1.Cl. The Morgan fingerprint density at radius 1 is 1.21 bits per heavy atom. The number of carbonyl (C=O) groups excluding carboxylic acids is 2. The third-order valence-electron chi connectivity index (χ3n) is 3.39. The van der Waals surface area contributed by atoms with Gasteiger partial charge in [0, 0.05) is 25.8 Å².